The second kappa shape index (κ2) is 4.28. The van der Waals surface area contributed by atoms with Gasteiger partial charge in [-0.2, -0.15) is 4.98 Å². The minimum absolute atomic E-state index is 0.465. The van der Waals surface area contributed by atoms with E-state index in [1.807, 2.05) is 0 Å². The summed E-state index contributed by atoms with van der Waals surface area (Å²) in [5.74, 6) is 1.98. The Morgan fingerprint density at radius 1 is 1.50 bits per heavy atom. The van der Waals surface area contributed by atoms with Crippen LogP contribution in [0.1, 0.15) is 26.7 Å². The van der Waals surface area contributed by atoms with E-state index in [-0.39, 0.29) is 0 Å². The second-order valence-corrected chi connectivity index (χ2v) is 4.79. The molecule has 4 heteroatoms. The van der Waals surface area contributed by atoms with Crippen LogP contribution in [0.25, 0.3) is 0 Å². The van der Waals surface area contributed by atoms with Crippen LogP contribution in [0.4, 0.5) is 5.95 Å². The highest BCUT2D eigenvalue weighted by molar-refractivity contribution is 5.28. The molecule has 1 heterocycles. The largest absolute Gasteiger partial charge is 0.481 e. The van der Waals surface area contributed by atoms with Crippen LogP contribution in [0.15, 0.2) is 12.3 Å². The van der Waals surface area contributed by atoms with Crippen LogP contribution in [-0.2, 0) is 0 Å². The molecule has 1 N–H and O–H groups in total. The highest BCUT2D eigenvalue weighted by atomic mass is 16.5. The molecule has 0 amide bonds. The standard InChI is InChI=1S/C12H19N3O/c1-9(2)12(5-6-12)8-14-11-13-7-4-10(15-11)16-3/h4,7,9H,5-6,8H2,1-3H3,(H,13,14,15). The van der Waals surface area contributed by atoms with Gasteiger partial charge in [-0.1, -0.05) is 13.8 Å². The normalized spacial score (nSPS) is 17.2. The van der Waals surface area contributed by atoms with E-state index in [4.69, 9.17) is 4.74 Å². The number of nitrogens with one attached hydrogen (secondary N) is 1. The summed E-state index contributed by atoms with van der Waals surface area (Å²) < 4.78 is 5.06. The fourth-order valence-electron chi connectivity index (χ4n) is 1.91. The first kappa shape index (κ1) is 11.2. The van der Waals surface area contributed by atoms with Crippen LogP contribution in [0.5, 0.6) is 5.88 Å². The number of hydrogen-bond acceptors (Lipinski definition) is 4. The summed E-state index contributed by atoms with van der Waals surface area (Å²) in [7, 11) is 1.61. The van der Waals surface area contributed by atoms with E-state index < -0.39 is 0 Å². The number of rotatable bonds is 5. The Hall–Kier alpha value is -1.32. The van der Waals surface area contributed by atoms with Crippen LogP contribution in [0.3, 0.4) is 0 Å². The highest BCUT2D eigenvalue weighted by Crippen LogP contribution is 2.51. The molecule has 1 aliphatic rings. The molecule has 0 bridgehead atoms. The molecule has 0 saturated heterocycles. The van der Waals surface area contributed by atoms with Gasteiger partial charge in [-0.05, 0) is 24.2 Å². The molecular weight excluding hydrogens is 202 g/mol. The lowest BCUT2D eigenvalue weighted by atomic mass is 9.92. The predicted octanol–water partition coefficient (Wildman–Crippen LogP) is 2.33. The second-order valence-electron chi connectivity index (χ2n) is 4.79. The fraction of sp³-hybridized carbons (Fsp3) is 0.667. The maximum absolute atomic E-state index is 5.06. The number of methoxy groups -OCH3 is 1. The Bertz CT molecular complexity index is 361. The summed E-state index contributed by atoms with van der Waals surface area (Å²) in [6, 6.07) is 1.75. The smallest absolute Gasteiger partial charge is 0.225 e. The lowest BCUT2D eigenvalue weighted by Crippen LogP contribution is -2.21. The molecule has 0 aliphatic heterocycles. The molecule has 0 atom stereocenters. The van der Waals surface area contributed by atoms with Crippen molar-refractivity contribution >= 4 is 5.95 Å². The predicted molar refractivity (Wildman–Crippen MR) is 63.6 cm³/mol. The molecule has 0 radical (unpaired) electrons. The van der Waals surface area contributed by atoms with Gasteiger partial charge in [0.25, 0.3) is 0 Å². The van der Waals surface area contributed by atoms with Crippen LogP contribution in [0, 0.1) is 11.3 Å². The monoisotopic (exact) mass is 221 g/mol. The minimum atomic E-state index is 0.465. The summed E-state index contributed by atoms with van der Waals surface area (Å²) in [5, 5.41) is 3.30. The molecule has 1 saturated carbocycles. The van der Waals surface area contributed by atoms with Crippen molar-refractivity contribution in [3.63, 3.8) is 0 Å². The molecule has 0 spiro atoms. The average Bonchev–Trinajstić information content (AvgIpc) is 3.08. The van der Waals surface area contributed by atoms with Gasteiger partial charge in [0.15, 0.2) is 0 Å². The van der Waals surface area contributed by atoms with Crippen molar-refractivity contribution in [3.8, 4) is 5.88 Å². The quantitative estimate of drug-likeness (QED) is 0.829. The van der Waals surface area contributed by atoms with E-state index in [1.54, 1.807) is 19.4 Å². The van der Waals surface area contributed by atoms with Crippen LogP contribution in [0.2, 0.25) is 0 Å². The number of ether oxygens (including phenoxy) is 1. The molecule has 1 aromatic heterocycles. The Kier molecular flexibility index (Phi) is 2.99. The molecular formula is C12H19N3O. The molecule has 88 valence electrons. The number of nitrogens with zero attached hydrogens (tertiary/aromatic N) is 2. The first-order valence-corrected chi connectivity index (χ1v) is 5.77. The summed E-state index contributed by atoms with van der Waals surface area (Å²) in [6.07, 6.45) is 4.33. The van der Waals surface area contributed by atoms with Crippen LogP contribution < -0.4 is 10.1 Å². The number of anilines is 1. The van der Waals surface area contributed by atoms with Crippen molar-refractivity contribution in [2.45, 2.75) is 26.7 Å². The van der Waals surface area contributed by atoms with Crippen LogP contribution in [-0.4, -0.2) is 23.6 Å². The molecule has 0 unspecified atom stereocenters. The van der Waals surface area contributed by atoms with E-state index in [0.717, 1.165) is 6.54 Å². The average molecular weight is 221 g/mol. The summed E-state index contributed by atoms with van der Waals surface area (Å²) in [6.45, 7) is 5.51. The molecule has 4 nitrogen and oxygen atoms in total. The van der Waals surface area contributed by atoms with Gasteiger partial charge in [-0.3, -0.25) is 0 Å². The van der Waals surface area contributed by atoms with Crippen molar-refractivity contribution < 1.29 is 4.74 Å². The van der Waals surface area contributed by atoms with E-state index in [0.29, 0.717) is 23.2 Å². The zero-order chi connectivity index (χ0) is 11.6. The zero-order valence-corrected chi connectivity index (χ0v) is 10.2. The summed E-state index contributed by atoms with van der Waals surface area (Å²) >= 11 is 0. The zero-order valence-electron chi connectivity index (χ0n) is 10.2. The first-order valence-electron chi connectivity index (χ1n) is 5.77. The first-order chi connectivity index (χ1) is 7.66. The van der Waals surface area contributed by atoms with Crippen molar-refractivity contribution in [2.24, 2.45) is 11.3 Å². The van der Waals surface area contributed by atoms with E-state index in [9.17, 15) is 0 Å². The van der Waals surface area contributed by atoms with Gasteiger partial charge in [0.2, 0.25) is 11.8 Å². The molecule has 16 heavy (non-hydrogen) atoms. The molecule has 0 aromatic carbocycles. The lowest BCUT2D eigenvalue weighted by molar-refractivity contribution is 0.378. The highest BCUT2D eigenvalue weighted by Gasteiger charge is 2.45. The molecule has 1 aromatic rings. The molecule has 1 fully saturated rings. The van der Waals surface area contributed by atoms with Gasteiger partial charge in [0, 0.05) is 18.8 Å². The third-order valence-electron chi connectivity index (χ3n) is 3.55. The van der Waals surface area contributed by atoms with Gasteiger partial charge in [0.1, 0.15) is 0 Å². The minimum Gasteiger partial charge on any atom is -0.481 e. The van der Waals surface area contributed by atoms with E-state index in [1.165, 1.54) is 12.8 Å². The topological polar surface area (TPSA) is 47.0 Å². The van der Waals surface area contributed by atoms with Gasteiger partial charge < -0.3 is 10.1 Å². The van der Waals surface area contributed by atoms with E-state index >= 15 is 0 Å². The van der Waals surface area contributed by atoms with E-state index in [2.05, 4.69) is 29.1 Å². The summed E-state index contributed by atoms with van der Waals surface area (Å²) in [5.41, 5.74) is 0.465. The Morgan fingerprint density at radius 2 is 2.25 bits per heavy atom. The maximum atomic E-state index is 5.06. The van der Waals surface area contributed by atoms with Crippen LogP contribution >= 0.6 is 0 Å². The maximum Gasteiger partial charge on any atom is 0.225 e. The van der Waals surface area contributed by atoms with Crippen molar-refractivity contribution in [3.05, 3.63) is 12.3 Å². The Morgan fingerprint density at radius 3 is 2.81 bits per heavy atom. The van der Waals surface area contributed by atoms with Crippen molar-refractivity contribution in [1.82, 2.24) is 9.97 Å². The molecule has 2 rings (SSSR count). The Balaban J connectivity index is 1.94. The third kappa shape index (κ3) is 2.26. The fourth-order valence-corrected chi connectivity index (χ4v) is 1.91. The lowest BCUT2D eigenvalue weighted by Gasteiger charge is -2.19. The van der Waals surface area contributed by atoms with Crippen molar-refractivity contribution in [1.29, 1.82) is 0 Å². The van der Waals surface area contributed by atoms with Gasteiger partial charge in [-0.15, -0.1) is 0 Å². The van der Waals surface area contributed by atoms with Gasteiger partial charge in [-0.25, -0.2) is 4.98 Å². The third-order valence-corrected chi connectivity index (χ3v) is 3.55. The number of hydrogen-bond donors (Lipinski definition) is 1. The summed E-state index contributed by atoms with van der Waals surface area (Å²) in [4.78, 5) is 8.41. The van der Waals surface area contributed by atoms with Crippen molar-refractivity contribution in [2.75, 3.05) is 19.0 Å². The Labute approximate surface area is 96.4 Å². The number of aromatic nitrogens is 2. The molecule has 1 aliphatic carbocycles. The van der Waals surface area contributed by atoms with Gasteiger partial charge in [0.05, 0.1) is 7.11 Å². The van der Waals surface area contributed by atoms with Gasteiger partial charge >= 0.3 is 0 Å². The SMILES string of the molecule is COc1ccnc(NCC2(C(C)C)CC2)n1.